The van der Waals surface area contributed by atoms with Crippen LogP contribution in [0.4, 0.5) is 5.69 Å². The summed E-state index contributed by atoms with van der Waals surface area (Å²) in [5.74, 6) is 0.676. The van der Waals surface area contributed by atoms with Gasteiger partial charge in [0.15, 0.2) is 0 Å². The molecule has 1 N–H and O–H groups in total. The van der Waals surface area contributed by atoms with E-state index in [2.05, 4.69) is 10.3 Å². The molecule has 2 aromatic heterocycles. The van der Waals surface area contributed by atoms with Gasteiger partial charge >= 0.3 is 0 Å². The highest BCUT2D eigenvalue weighted by Gasteiger charge is 2.15. The zero-order valence-electron chi connectivity index (χ0n) is 16.7. The third kappa shape index (κ3) is 4.26. The van der Waals surface area contributed by atoms with E-state index < -0.39 is 0 Å². The second-order valence-electron chi connectivity index (χ2n) is 6.63. The number of nitrogens with one attached hydrogen (secondary N) is 1. The Balaban J connectivity index is 1.60. The molecule has 0 radical (unpaired) electrons. The summed E-state index contributed by atoms with van der Waals surface area (Å²) in [6, 6.07) is 12.4. The number of carbonyl (C=O) groups is 1. The fourth-order valence-corrected chi connectivity index (χ4v) is 4.25. The average molecular weight is 456 g/mol. The summed E-state index contributed by atoms with van der Waals surface area (Å²) < 4.78 is 12.2. The minimum atomic E-state index is -0.385. The Hall–Kier alpha value is -3.36. The largest absolute Gasteiger partial charge is 0.497 e. The predicted molar refractivity (Wildman–Crippen MR) is 123 cm³/mol. The van der Waals surface area contributed by atoms with Crippen LogP contribution in [0.3, 0.4) is 0 Å². The smallest absolute Gasteiger partial charge is 0.271 e. The van der Waals surface area contributed by atoms with Crippen LogP contribution in [0.5, 0.6) is 11.5 Å². The van der Waals surface area contributed by atoms with Crippen LogP contribution in [0.2, 0.25) is 5.02 Å². The molecule has 0 fully saturated rings. The van der Waals surface area contributed by atoms with Gasteiger partial charge in [-0.15, -0.1) is 11.3 Å². The first kappa shape index (κ1) is 20.9. The van der Waals surface area contributed by atoms with Crippen LogP contribution in [-0.4, -0.2) is 29.7 Å². The number of nitrogens with zero attached hydrogens (tertiary/aromatic N) is 2. The molecule has 0 atom stereocenters. The van der Waals surface area contributed by atoms with Crippen LogP contribution in [0.15, 0.2) is 59.0 Å². The van der Waals surface area contributed by atoms with Gasteiger partial charge in [-0.05, 0) is 29.8 Å². The molecule has 0 aliphatic heterocycles. The lowest BCUT2D eigenvalue weighted by atomic mass is 10.1. The number of methoxy groups -OCH3 is 2. The average Bonchev–Trinajstić information content (AvgIpc) is 3.21. The highest BCUT2D eigenvalue weighted by Crippen LogP contribution is 2.31. The Bertz CT molecular complexity index is 1310. The molecule has 2 aromatic carbocycles. The highest BCUT2D eigenvalue weighted by molar-refractivity contribution is 7.17. The summed E-state index contributed by atoms with van der Waals surface area (Å²) in [5.41, 5.74) is 2.55. The number of amides is 1. The van der Waals surface area contributed by atoms with E-state index in [-0.39, 0.29) is 18.0 Å². The zero-order valence-corrected chi connectivity index (χ0v) is 18.3. The summed E-state index contributed by atoms with van der Waals surface area (Å²) in [5, 5.41) is 5.27. The van der Waals surface area contributed by atoms with E-state index in [0.717, 1.165) is 11.1 Å². The Morgan fingerprint density at radius 1 is 1.16 bits per heavy atom. The second-order valence-corrected chi connectivity index (χ2v) is 7.94. The number of hydrogen-bond donors (Lipinski definition) is 1. The number of aromatic nitrogens is 2. The van der Waals surface area contributed by atoms with Crippen molar-refractivity contribution in [2.45, 2.75) is 6.54 Å². The Morgan fingerprint density at radius 3 is 2.65 bits per heavy atom. The van der Waals surface area contributed by atoms with Gasteiger partial charge in [0.1, 0.15) is 22.7 Å². The topological polar surface area (TPSA) is 82.4 Å². The van der Waals surface area contributed by atoms with Crippen LogP contribution in [0.25, 0.3) is 21.3 Å². The van der Waals surface area contributed by atoms with Gasteiger partial charge in [0.05, 0.1) is 31.8 Å². The summed E-state index contributed by atoms with van der Waals surface area (Å²) in [4.78, 5) is 30.0. The monoisotopic (exact) mass is 455 g/mol. The van der Waals surface area contributed by atoms with Crippen molar-refractivity contribution in [1.82, 2.24) is 9.55 Å². The Kier molecular flexibility index (Phi) is 5.92. The molecule has 0 saturated carbocycles. The number of rotatable bonds is 6. The summed E-state index contributed by atoms with van der Waals surface area (Å²) in [6.07, 6.45) is 1.39. The molecule has 0 aliphatic carbocycles. The number of ether oxygens (including phenoxy) is 2. The molecule has 7 nitrogen and oxygen atoms in total. The van der Waals surface area contributed by atoms with E-state index in [1.54, 1.807) is 30.3 Å². The van der Waals surface area contributed by atoms with Gasteiger partial charge in [0.25, 0.3) is 5.56 Å². The molecule has 0 saturated heterocycles. The predicted octanol–water partition coefficient (Wildman–Crippen LogP) is 4.43. The molecule has 1 amide bonds. The first-order valence-electron chi connectivity index (χ1n) is 9.24. The molecule has 0 aliphatic rings. The van der Waals surface area contributed by atoms with Crippen molar-refractivity contribution in [3.63, 3.8) is 0 Å². The van der Waals surface area contributed by atoms with Gasteiger partial charge in [-0.2, -0.15) is 0 Å². The quantitative estimate of drug-likeness (QED) is 0.465. The van der Waals surface area contributed by atoms with Crippen molar-refractivity contribution < 1.29 is 14.3 Å². The van der Waals surface area contributed by atoms with Gasteiger partial charge < -0.3 is 14.8 Å². The molecule has 31 heavy (non-hydrogen) atoms. The molecular formula is C22H18ClN3O4S. The number of halogens is 1. The third-order valence-electron chi connectivity index (χ3n) is 4.70. The summed E-state index contributed by atoms with van der Waals surface area (Å²) in [6.45, 7) is -0.184. The van der Waals surface area contributed by atoms with Crippen molar-refractivity contribution in [1.29, 1.82) is 0 Å². The van der Waals surface area contributed by atoms with Crippen LogP contribution in [0.1, 0.15) is 0 Å². The van der Waals surface area contributed by atoms with E-state index in [1.807, 2.05) is 17.5 Å². The van der Waals surface area contributed by atoms with Crippen LogP contribution in [0, 0.1) is 0 Å². The lowest BCUT2D eigenvalue weighted by Gasteiger charge is -2.12. The number of anilines is 1. The van der Waals surface area contributed by atoms with Crippen molar-refractivity contribution in [3.8, 4) is 22.6 Å². The van der Waals surface area contributed by atoms with Crippen molar-refractivity contribution >= 4 is 44.7 Å². The third-order valence-corrected chi connectivity index (χ3v) is 5.91. The minimum Gasteiger partial charge on any atom is -0.497 e. The molecule has 0 spiro atoms. The number of fused-ring (bicyclic) bond motifs is 1. The van der Waals surface area contributed by atoms with Crippen LogP contribution < -0.4 is 20.3 Å². The lowest BCUT2D eigenvalue weighted by Crippen LogP contribution is -2.27. The number of thiophene rings is 1. The first-order chi connectivity index (χ1) is 15.0. The van der Waals surface area contributed by atoms with E-state index in [0.29, 0.717) is 32.4 Å². The fourth-order valence-electron chi connectivity index (χ4n) is 3.14. The Morgan fingerprint density at radius 2 is 1.94 bits per heavy atom. The normalized spacial score (nSPS) is 10.8. The fraction of sp³-hybridized carbons (Fsp3) is 0.136. The lowest BCUT2D eigenvalue weighted by molar-refractivity contribution is -0.116. The molecule has 9 heteroatoms. The first-order valence-corrected chi connectivity index (χ1v) is 10.5. The standard InChI is InChI=1S/C22H18ClN3O4S/c1-29-15-7-8-18(30-2)17(9-15)25-19(27)10-26-12-24-20-16(11-31-21(20)22(26)28)13-3-5-14(23)6-4-13/h3-9,11-12H,10H2,1-2H3,(H,25,27). The van der Waals surface area contributed by atoms with Crippen LogP contribution >= 0.6 is 22.9 Å². The van der Waals surface area contributed by atoms with Gasteiger partial charge in [-0.25, -0.2) is 4.98 Å². The number of benzene rings is 2. The van der Waals surface area contributed by atoms with E-state index in [9.17, 15) is 9.59 Å². The van der Waals surface area contributed by atoms with E-state index >= 15 is 0 Å². The molecule has 158 valence electrons. The SMILES string of the molecule is COc1ccc(OC)c(NC(=O)Cn2cnc3c(-c4ccc(Cl)cc4)csc3c2=O)c1. The van der Waals surface area contributed by atoms with E-state index in [4.69, 9.17) is 21.1 Å². The molecule has 2 heterocycles. The molecule has 4 rings (SSSR count). The summed E-state index contributed by atoms with van der Waals surface area (Å²) in [7, 11) is 3.04. The Labute approximate surface area is 186 Å². The molecule has 4 aromatic rings. The molecular weight excluding hydrogens is 438 g/mol. The zero-order chi connectivity index (χ0) is 22.0. The van der Waals surface area contributed by atoms with Gasteiger partial charge in [0, 0.05) is 22.0 Å². The highest BCUT2D eigenvalue weighted by atomic mass is 35.5. The molecule has 0 bridgehead atoms. The maximum absolute atomic E-state index is 12.9. The van der Waals surface area contributed by atoms with Gasteiger partial charge in [-0.3, -0.25) is 14.2 Å². The van der Waals surface area contributed by atoms with Gasteiger partial charge in [-0.1, -0.05) is 23.7 Å². The maximum atomic E-state index is 12.9. The van der Waals surface area contributed by atoms with Crippen molar-refractivity contribution in [3.05, 3.63) is 69.5 Å². The number of carbonyl (C=O) groups excluding carboxylic acids is 1. The van der Waals surface area contributed by atoms with Crippen molar-refractivity contribution in [2.75, 3.05) is 19.5 Å². The summed E-state index contributed by atoms with van der Waals surface area (Å²) >= 11 is 7.26. The van der Waals surface area contributed by atoms with Crippen LogP contribution in [-0.2, 0) is 11.3 Å². The van der Waals surface area contributed by atoms with Gasteiger partial charge in [0.2, 0.25) is 5.91 Å². The minimum absolute atomic E-state index is 0.184. The van der Waals surface area contributed by atoms with Crippen molar-refractivity contribution in [2.24, 2.45) is 0 Å². The maximum Gasteiger partial charge on any atom is 0.271 e. The van der Waals surface area contributed by atoms with E-state index in [1.165, 1.54) is 36.5 Å². The number of hydrogen-bond acceptors (Lipinski definition) is 6. The second kappa shape index (κ2) is 8.79. The molecule has 0 unspecified atom stereocenters.